The number of benzene rings is 7. The van der Waals surface area contributed by atoms with Gasteiger partial charge in [-0.05, 0) is 48.5 Å². The maximum Gasteiger partial charge on any atom is 0.164 e. The number of aromatic nitrogens is 4. The number of fused-ring (bicyclic) bond motifs is 10. The topological polar surface area (TPSA) is 56.7 Å². The lowest BCUT2D eigenvalue weighted by molar-refractivity contribution is 0.669. The summed E-state index contributed by atoms with van der Waals surface area (Å²) in [6.07, 6.45) is 0. The molecule has 6 heteroatoms. The molecule has 0 radical (unpaired) electrons. The number of furan rings is 1. The predicted octanol–water partition coefficient (Wildman–Crippen LogP) is 12.2. The summed E-state index contributed by atoms with van der Waals surface area (Å²) in [5.41, 5.74) is 8.02. The molecule has 0 bridgehead atoms. The molecule has 4 aromatic heterocycles. The standard InChI is InChI=1S/C45H26N4OS/c1-3-11-27(12-4-1)43-46-44(28-13-5-2-6-14-28)48-45(47-43)29-19-21-35-39(25-29)50-38-24-23-34-33-22-20-30(26-40(33)51-42(34)41(35)38)49-36-17-9-7-15-31(36)32-16-8-10-18-37(32)49/h1-26H. The van der Waals surface area contributed by atoms with Crippen LogP contribution in [0.25, 0.3) is 104 Å². The summed E-state index contributed by atoms with van der Waals surface area (Å²) >= 11 is 1.83. The molecule has 0 unspecified atom stereocenters. The lowest BCUT2D eigenvalue weighted by Crippen LogP contribution is -2.00. The zero-order valence-electron chi connectivity index (χ0n) is 27.1. The normalized spacial score (nSPS) is 11.9. The van der Waals surface area contributed by atoms with Crippen LogP contribution in [0.1, 0.15) is 0 Å². The molecule has 0 fully saturated rings. The van der Waals surface area contributed by atoms with Gasteiger partial charge in [0.05, 0.1) is 11.0 Å². The van der Waals surface area contributed by atoms with Crippen LogP contribution < -0.4 is 0 Å². The molecule has 0 spiro atoms. The van der Waals surface area contributed by atoms with Gasteiger partial charge in [-0.1, -0.05) is 109 Å². The summed E-state index contributed by atoms with van der Waals surface area (Å²) in [5.74, 6) is 1.88. The first-order chi connectivity index (χ1) is 25.3. The van der Waals surface area contributed by atoms with E-state index in [4.69, 9.17) is 19.4 Å². The van der Waals surface area contributed by atoms with Crippen LogP contribution in [0.3, 0.4) is 0 Å². The Hall–Kier alpha value is -6.63. The van der Waals surface area contributed by atoms with Crippen molar-refractivity contribution in [1.29, 1.82) is 0 Å². The molecular formula is C45H26N4OS. The minimum Gasteiger partial charge on any atom is -0.456 e. The molecule has 0 aliphatic heterocycles. The summed E-state index contributed by atoms with van der Waals surface area (Å²) in [6.45, 7) is 0. The van der Waals surface area contributed by atoms with Crippen molar-refractivity contribution in [3.63, 3.8) is 0 Å². The lowest BCUT2D eigenvalue weighted by Gasteiger charge is -2.08. The van der Waals surface area contributed by atoms with Crippen molar-refractivity contribution >= 4 is 75.3 Å². The lowest BCUT2D eigenvalue weighted by atomic mass is 10.1. The van der Waals surface area contributed by atoms with Crippen molar-refractivity contribution in [3.05, 3.63) is 158 Å². The summed E-state index contributed by atoms with van der Waals surface area (Å²) in [5, 5.41) is 7.23. The molecule has 0 amide bonds. The highest BCUT2D eigenvalue weighted by atomic mass is 32.1. The Labute approximate surface area is 295 Å². The Kier molecular flexibility index (Phi) is 6.05. The van der Waals surface area contributed by atoms with Gasteiger partial charge in [0.25, 0.3) is 0 Å². The van der Waals surface area contributed by atoms with Crippen molar-refractivity contribution in [3.8, 4) is 39.9 Å². The summed E-state index contributed by atoms with van der Waals surface area (Å²) in [7, 11) is 0. The smallest absolute Gasteiger partial charge is 0.164 e. The third-order valence-electron chi connectivity index (χ3n) is 9.85. The Bertz CT molecular complexity index is 3030. The highest BCUT2D eigenvalue weighted by Gasteiger charge is 2.19. The molecule has 0 N–H and O–H groups in total. The van der Waals surface area contributed by atoms with E-state index >= 15 is 0 Å². The Morgan fingerprint density at radius 1 is 0.431 bits per heavy atom. The molecule has 0 saturated carbocycles. The van der Waals surface area contributed by atoms with Gasteiger partial charge < -0.3 is 8.98 Å². The number of para-hydroxylation sites is 2. The summed E-state index contributed by atoms with van der Waals surface area (Å²) < 4.78 is 11.4. The molecule has 11 aromatic rings. The minimum atomic E-state index is 0.606. The summed E-state index contributed by atoms with van der Waals surface area (Å²) in [4.78, 5) is 14.7. The monoisotopic (exact) mass is 670 g/mol. The maximum atomic E-state index is 6.56. The van der Waals surface area contributed by atoms with Crippen molar-refractivity contribution in [2.24, 2.45) is 0 Å². The molecule has 238 valence electrons. The third kappa shape index (κ3) is 4.37. The first-order valence-corrected chi connectivity index (χ1v) is 17.8. The van der Waals surface area contributed by atoms with Crippen LogP contribution in [-0.4, -0.2) is 19.5 Å². The van der Waals surface area contributed by atoms with E-state index in [-0.39, 0.29) is 0 Å². The fourth-order valence-electron chi connectivity index (χ4n) is 7.50. The van der Waals surface area contributed by atoms with E-state index in [1.165, 1.54) is 42.0 Å². The molecular weight excluding hydrogens is 645 g/mol. The fourth-order valence-corrected chi connectivity index (χ4v) is 8.79. The van der Waals surface area contributed by atoms with Gasteiger partial charge in [-0.25, -0.2) is 15.0 Å². The highest BCUT2D eigenvalue weighted by Crippen LogP contribution is 2.44. The molecule has 4 heterocycles. The SMILES string of the molecule is c1ccc(-c2nc(-c3ccccc3)nc(-c3ccc4c(c3)oc3ccc5c6ccc(-n7c8ccccc8c8ccccc87)cc6sc5c34)n2)cc1. The number of hydrogen-bond acceptors (Lipinski definition) is 5. The van der Waals surface area contributed by atoms with E-state index in [0.29, 0.717) is 17.5 Å². The van der Waals surface area contributed by atoms with E-state index in [0.717, 1.165) is 44.3 Å². The molecule has 7 aromatic carbocycles. The van der Waals surface area contributed by atoms with Crippen molar-refractivity contribution < 1.29 is 4.42 Å². The van der Waals surface area contributed by atoms with Gasteiger partial charge in [-0.15, -0.1) is 11.3 Å². The van der Waals surface area contributed by atoms with E-state index in [1.807, 2.05) is 72.0 Å². The average Bonchev–Trinajstić information content (AvgIpc) is 3.87. The van der Waals surface area contributed by atoms with E-state index < -0.39 is 0 Å². The van der Waals surface area contributed by atoms with Gasteiger partial charge in [0.15, 0.2) is 17.5 Å². The zero-order valence-corrected chi connectivity index (χ0v) is 27.9. The number of hydrogen-bond donors (Lipinski definition) is 0. The van der Waals surface area contributed by atoms with Gasteiger partial charge >= 0.3 is 0 Å². The van der Waals surface area contributed by atoms with Crippen molar-refractivity contribution in [2.75, 3.05) is 0 Å². The minimum absolute atomic E-state index is 0.606. The van der Waals surface area contributed by atoms with Gasteiger partial charge in [0.2, 0.25) is 0 Å². The second-order valence-electron chi connectivity index (χ2n) is 12.8. The Morgan fingerprint density at radius 3 is 1.67 bits per heavy atom. The largest absolute Gasteiger partial charge is 0.456 e. The van der Waals surface area contributed by atoms with Gasteiger partial charge in [-0.3, -0.25) is 0 Å². The predicted molar refractivity (Wildman–Crippen MR) is 211 cm³/mol. The molecule has 0 saturated heterocycles. The number of thiophene rings is 1. The van der Waals surface area contributed by atoms with Gasteiger partial charge in [-0.2, -0.15) is 0 Å². The van der Waals surface area contributed by atoms with Crippen molar-refractivity contribution in [1.82, 2.24) is 19.5 Å². The van der Waals surface area contributed by atoms with Gasteiger partial charge in [0.1, 0.15) is 11.2 Å². The zero-order chi connectivity index (χ0) is 33.5. The quantitative estimate of drug-likeness (QED) is 0.187. The fraction of sp³-hybridized carbons (Fsp3) is 0. The first-order valence-electron chi connectivity index (χ1n) is 16.9. The van der Waals surface area contributed by atoms with Crippen molar-refractivity contribution in [2.45, 2.75) is 0 Å². The second-order valence-corrected chi connectivity index (χ2v) is 13.9. The molecule has 51 heavy (non-hydrogen) atoms. The molecule has 0 aliphatic rings. The van der Waals surface area contributed by atoms with Crippen LogP contribution in [0, 0.1) is 0 Å². The van der Waals surface area contributed by atoms with E-state index in [1.54, 1.807) is 0 Å². The van der Waals surface area contributed by atoms with Crippen LogP contribution in [0.15, 0.2) is 162 Å². The molecule has 0 atom stereocenters. The Morgan fingerprint density at radius 2 is 1.00 bits per heavy atom. The van der Waals surface area contributed by atoms with Gasteiger partial charge in [0, 0.05) is 64.1 Å². The molecule has 0 aliphatic carbocycles. The van der Waals surface area contributed by atoms with Crippen LogP contribution in [0.2, 0.25) is 0 Å². The maximum absolute atomic E-state index is 6.56. The van der Waals surface area contributed by atoms with E-state index in [2.05, 4.69) is 102 Å². The molecule has 11 rings (SSSR count). The highest BCUT2D eigenvalue weighted by molar-refractivity contribution is 7.26. The van der Waals surface area contributed by atoms with Crippen LogP contribution in [0.5, 0.6) is 0 Å². The van der Waals surface area contributed by atoms with Crippen LogP contribution in [0.4, 0.5) is 0 Å². The van der Waals surface area contributed by atoms with Crippen LogP contribution >= 0.6 is 11.3 Å². The van der Waals surface area contributed by atoms with Crippen LogP contribution in [-0.2, 0) is 0 Å². The third-order valence-corrected chi connectivity index (χ3v) is 11.0. The average molecular weight is 671 g/mol. The molecule has 5 nitrogen and oxygen atoms in total. The summed E-state index contributed by atoms with van der Waals surface area (Å²) in [6, 6.07) is 54.9. The van der Waals surface area contributed by atoms with E-state index in [9.17, 15) is 0 Å². The second kappa shape index (κ2) is 10.9. The number of nitrogens with zero attached hydrogens (tertiary/aromatic N) is 4. The number of rotatable bonds is 4. The first kappa shape index (κ1) is 28.2. The Balaban J connectivity index is 1.07.